The number of methoxy groups -OCH3 is 2. The molecule has 0 radical (unpaired) electrons. The number of aliphatic hydroxyl groups excluding tert-OH is 1. The van der Waals surface area contributed by atoms with Gasteiger partial charge in [0.15, 0.2) is 0 Å². The van der Waals surface area contributed by atoms with Crippen LogP contribution in [0.3, 0.4) is 0 Å². The average molecular weight is 520 g/mol. The van der Waals surface area contributed by atoms with Crippen molar-refractivity contribution < 1.29 is 19.4 Å². The van der Waals surface area contributed by atoms with Crippen molar-refractivity contribution in [2.24, 2.45) is 29.4 Å². The number of unbranched alkanes of at least 4 members (excludes halogenated alkanes) is 1. The minimum atomic E-state index is -0.715. The summed E-state index contributed by atoms with van der Waals surface area (Å²) in [5.41, 5.74) is 9.07. The van der Waals surface area contributed by atoms with Crippen molar-refractivity contribution in [2.45, 2.75) is 90.8 Å². The van der Waals surface area contributed by atoms with Gasteiger partial charge in [-0.3, -0.25) is 4.79 Å². The normalized spacial score (nSPS) is 19.1. The van der Waals surface area contributed by atoms with Gasteiger partial charge in [-0.15, -0.1) is 0 Å². The number of aliphatic hydroxyl groups is 1. The molecule has 0 saturated carbocycles. The maximum Gasteiger partial charge on any atom is 0.223 e. The van der Waals surface area contributed by atoms with E-state index in [1.807, 2.05) is 13.8 Å². The van der Waals surface area contributed by atoms with Crippen LogP contribution < -0.4 is 21.1 Å². The summed E-state index contributed by atoms with van der Waals surface area (Å²) < 4.78 is 10.8. The Labute approximate surface area is 225 Å². The highest BCUT2D eigenvalue weighted by molar-refractivity contribution is 5.79. The molecule has 1 aliphatic rings. The predicted octanol–water partition coefficient (Wildman–Crippen LogP) is 3.70. The molecule has 0 aliphatic carbocycles. The number of ether oxygens (including phenoxy) is 2. The maximum absolute atomic E-state index is 13.0. The molecule has 2 rings (SSSR count). The SMILES string of the molecule is COCCCCc1cc(CC(C[C@H](N)[C@@H](O)C[C@H](C(=O)N[C@@H]2CCNC2)C(C)C)C(C)C)ccc1OC. The fourth-order valence-electron chi connectivity index (χ4n) is 5.32. The van der Waals surface area contributed by atoms with Gasteiger partial charge in [0.2, 0.25) is 5.91 Å². The average Bonchev–Trinajstić information content (AvgIpc) is 3.37. The molecule has 1 heterocycles. The molecular formula is C30H53N3O4. The maximum atomic E-state index is 13.0. The van der Waals surface area contributed by atoms with E-state index in [-0.39, 0.29) is 29.8 Å². The second-order valence-electron chi connectivity index (χ2n) is 11.6. The van der Waals surface area contributed by atoms with Crippen molar-refractivity contribution in [3.63, 3.8) is 0 Å². The summed E-state index contributed by atoms with van der Waals surface area (Å²) in [7, 11) is 3.46. The summed E-state index contributed by atoms with van der Waals surface area (Å²) in [6.07, 6.45) is 5.29. The van der Waals surface area contributed by atoms with Crippen LogP contribution in [-0.4, -0.2) is 63.1 Å². The van der Waals surface area contributed by atoms with Gasteiger partial charge in [0.25, 0.3) is 0 Å². The van der Waals surface area contributed by atoms with E-state index in [0.29, 0.717) is 24.7 Å². The highest BCUT2D eigenvalue weighted by Gasteiger charge is 2.31. The molecule has 7 heteroatoms. The highest BCUT2D eigenvalue weighted by Crippen LogP contribution is 2.28. The largest absolute Gasteiger partial charge is 0.496 e. The number of amides is 1. The molecule has 0 aromatic heterocycles. The molecule has 1 fully saturated rings. The number of carbonyl (C=O) groups excluding carboxylic acids is 1. The van der Waals surface area contributed by atoms with Gasteiger partial charge < -0.3 is 30.9 Å². The third-order valence-electron chi connectivity index (χ3n) is 7.94. The quantitative estimate of drug-likeness (QED) is 0.234. The molecule has 1 aromatic carbocycles. The molecule has 1 aromatic rings. The van der Waals surface area contributed by atoms with E-state index in [1.165, 1.54) is 11.1 Å². The minimum Gasteiger partial charge on any atom is -0.496 e. The number of benzene rings is 1. The zero-order valence-corrected chi connectivity index (χ0v) is 24.1. The first kappa shape index (κ1) is 31.5. The van der Waals surface area contributed by atoms with Crippen LogP contribution in [0, 0.1) is 23.7 Å². The van der Waals surface area contributed by atoms with Crippen molar-refractivity contribution in [1.29, 1.82) is 0 Å². The van der Waals surface area contributed by atoms with Gasteiger partial charge in [-0.05, 0) is 86.4 Å². The lowest BCUT2D eigenvalue weighted by Gasteiger charge is -2.30. The summed E-state index contributed by atoms with van der Waals surface area (Å²) in [6, 6.07) is 6.28. The number of carbonyl (C=O) groups is 1. The van der Waals surface area contributed by atoms with Gasteiger partial charge in [-0.1, -0.05) is 39.8 Å². The Balaban J connectivity index is 2.00. The molecule has 1 unspecified atom stereocenters. The molecular weight excluding hydrogens is 466 g/mol. The van der Waals surface area contributed by atoms with Gasteiger partial charge >= 0.3 is 0 Å². The predicted molar refractivity (Wildman–Crippen MR) is 151 cm³/mol. The lowest BCUT2D eigenvalue weighted by atomic mass is 9.80. The van der Waals surface area contributed by atoms with E-state index < -0.39 is 6.10 Å². The van der Waals surface area contributed by atoms with Crippen LogP contribution in [0.25, 0.3) is 0 Å². The Morgan fingerprint density at radius 2 is 1.92 bits per heavy atom. The van der Waals surface area contributed by atoms with Gasteiger partial charge in [0.1, 0.15) is 5.75 Å². The number of aryl methyl sites for hydroxylation is 1. The standard InChI is InChI=1S/C30H53N3O4/c1-20(2)24(16-22-10-11-29(37-6)23(15-22)9-7-8-14-36-5)17-27(31)28(34)18-26(21(3)4)30(35)33-25-12-13-32-19-25/h10-11,15,20-21,24-28,32,34H,7-9,12-14,16-19,31H2,1-6H3,(H,33,35)/t24?,25-,26+,27+,28+/m1/s1. The fraction of sp³-hybridized carbons (Fsp3) is 0.767. The third-order valence-corrected chi connectivity index (χ3v) is 7.94. The molecule has 0 bridgehead atoms. The van der Waals surface area contributed by atoms with Crippen molar-refractivity contribution in [3.8, 4) is 5.75 Å². The van der Waals surface area contributed by atoms with Crippen LogP contribution in [0.2, 0.25) is 0 Å². The first-order valence-electron chi connectivity index (χ1n) is 14.3. The van der Waals surface area contributed by atoms with Crippen molar-refractivity contribution in [2.75, 3.05) is 33.9 Å². The van der Waals surface area contributed by atoms with Gasteiger partial charge in [0.05, 0.1) is 13.2 Å². The van der Waals surface area contributed by atoms with Gasteiger partial charge in [-0.2, -0.15) is 0 Å². The van der Waals surface area contributed by atoms with E-state index in [2.05, 4.69) is 42.7 Å². The van der Waals surface area contributed by atoms with Crippen LogP contribution in [-0.2, 0) is 22.4 Å². The first-order chi connectivity index (χ1) is 17.7. The molecule has 7 nitrogen and oxygen atoms in total. The minimum absolute atomic E-state index is 0.0339. The molecule has 5 atom stereocenters. The molecule has 1 amide bonds. The van der Waals surface area contributed by atoms with Crippen molar-refractivity contribution in [3.05, 3.63) is 29.3 Å². The van der Waals surface area contributed by atoms with E-state index >= 15 is 0 Å². The Morgan fingerprint density at radius 3 is 2.51 bits per heavy atom. The smallest absolute Gasteiger partial charge is 0.223 e. The van der Waals surface area contributed by atoms with Crippen molar-refractivity contribution in [1.82, 2.24) is 10.6 Å². The van der Waals surface area contributed by atoms with E-state index in [1.54, 1.807) is 14.2 Å². The van der Waals surface area contributed by atoms with Crippen LogP contribution >= 0.6 is 0 Å². The summed E-state index contributed by atoms with van der Waals surface area (Å²) in [5, 5.41) is 17.5. The second-order valence-corrected chi connectivity index (χ2v) is 11.6. The Morgan fingerprint density at radius 1 is 1.16 bits per heavy atom. The molecule has 1 aliphatic heterocycles. The Hall–Kier alpha value is -1.67. The number of hydrogen-bond donors (Lipinski definition) is 4. The van der Waals surface area contributed by atoms with E-state index in [0.717, 1.165) is 57.6 Å². The van der Waals surface area contributed by atoms with Crippen LogP contribution in [0.4, 0.5) is 0 Å². The fourth-order valence-corrected chi connectivity index (χ4v) is 5.32. The second kappa shape index (κ2) is 16.3. The monoisotopic (exact) mass is 519 g/mol. The van der Waals surface area contributed by atoms with Gasteiger partial charge in [0, 0.05) is 38.3 Å². The zero-order chi connectivity index (χ0) is 27.4. The summed E-state index contributed by atoms with van der Waals surface area (Å²) in [4.78, 5) is 13.0. The summed E-state index contributed by atoms with van der Waals surface area (Å²) in [5.74, 6) is 1.60. The molecule has 37 heavy (non-hydrogen) atoms. The van der Waals surface area contributed by atoms with Crippen molar-refractivity contribution >= 4 is 5.91 Å². The topological polar surface area (TPSA) is 106 Å². The van der Waals surface area contributed by atoms with E-state index in [4.69, 9.17) is 15.2 Å². The Kier molecular flexibility index (Phi) is 13.9. The number of rotatable bonds is 17. The number of hydrogen-bond acceptors (Lipinski definition) is 6. The third kappa shape index (κ3) is 10.5. The molecule has 5 N–H and O–H groups in total. The molecule has 0 spiro atoms. The zero-order valence-electron chi connectivity index (χ0n) is 24.1. The summed E-state index contributed by atoms with van der Waals surface area (Å²) >= 11 is 0. The van der Waals surface area contributed by atoms with Crippen LogP contribution in [0.5, 0.6) is 5.75 Å². The van der Waals surface area contributed by atoms with Crippen LogP contribution in [0.1, 0.15) is 70.9 Å². The lowest BCUT2D eigenvalue weighted by molar-refractivity contribution is -0.128. The molecule has 212 valence electrons. The Bertz CT molecular complexity index is 795. The number of nitrogens with two attached hydrogens (primary N) is 1. The van der Waals surface area contributed by atoms with Crippen LogP contribution in [0.15, 0.2) is 18.2 Å². The summed E-state index contributed by atoms with van der Waals surface area (Å²) in [6.45, 7) is 11.1. The highest BCUT2D eigenvalue weighted by atomic mass is 16.5. The van der Waals surface area contributed by atoms with E-state index in [9.17, 15) is 9.90 Å². The number of nitrogens with one attached hydrogen (secondary N) is 2. The first-order valence-corrected chi connectivity index (χ1v) is 14.3. The lowest BCUT2D eigenvalue weighted by Crippen LogP contribution is -2.45. The molecule has 1 saturated heterocycles. The van der Waals surface area contributed by atoms with Gasteiger partial charge in [-0.25, -0.2) is 0 Å².